The summed E-state index contributed by atoms with van der Waals surface area (Å²) in [7, 11) is -1.69. The van der Waals surface area contributed by atoms with Crippen LogP contribution in [0, 0.1) is 5.95 Å². The molecule has 39 heavy (non-hydrogen) atoms. The van der Waals surface area contributed by atoms with Crippen LogP contribution in [0.3, 0.4) is 0 Å². The minimum Gasteiger partial charge on any atom is -0.534 e. The Labute approximate surface area is 220 Å². The largest absolute Gasteiger partial charge is 0.547 e. The minimum atomic E-state index is -1.74. The van der Waals surface area contributed by atoms with Crippen molar-refractivity contribution >= 4 is 36.8 Å². The highest BCUT2D eigenvalue weighted by Crippen LogP contribution is 2.30. The molecule has 16 heteroatoms. The number of hydrogen-bond acceptors (Lipinski definition) is 9. The van der Waals surface area contributed by atoms with E-state index in [0.717, 1.165) is 12.1 Å². The molecule has 1 aromatic carbocycles. The number of rotatable bonds is 6. The maximum Gasteiger partial charge on any atom is 0.547 e. The Balaban J connectivity index is 1.57. The Morgan fingerprint density at radius 2 is 1.95 bits per heavy atom. The van der Waals surface area contributed by atoms with Gasteiger partial charge in [0, 0.05) is 19.6 Å². The van der Waals surface area contributed by atoms with Crippen molar-refractivity contribution in [2.75, 3.05) is 19.6 Å². The highest BCUT2D eigenvalue weighted by atomic mass is 19.1. The summed E-state index contributed by atoms with van der Waals surface area (Å²) in [5.74, 6) is -7.66. The van der Waals surface area contributed by atoms with E-state index in [1.807, 2.05) is 0 Å². The van der Waals surface area contributed by atoms with Gasteiger partial charge in [0.15, 0.2) is 11.8 Å². The first-order valence-electron chi connectivity index (χ1n) is 11.8. The van der Waals surface area contributed by atoms with E-state index in [9.17, 15) is 43.6 Å². The molecule has 0 radical (unpaired) electrons. The molecule has 0 saturated carbocycles. The van der Waals surface area contributed by atoms with Gasteiger partial charge in [-0.15, -0.1) is 0 Å². The summed E-state index contributed by atoms with van der Waals surface area (Å²) in [6.45, 7) is 1.83. The average Bonchev–Trinajstić information content (AvgIpc) is 2.90. The van der Waals surface area contributed by atoms with E-state index in [-0.39, 0.29) is 43.1 Å². The summed E-state index contributed by atoms with van der Waals surface area (Å²) < 4.78 is 19.4. The number of amides is 5. The molecule has 0 bridgehead atoms. The zero-order valence-corrected chi connectivity index (χ0v) is 20.5. The van der Waals surface area contributed by atoms with Crippen molar-refractivity contribution in [2.24, 2.45) is 0 Å². The van der Waals surface area contributed by atoms with Crippen LogP contribution in [-0.4, -0.2) is 92.4 Å². The molecular formula is C23H23BFN5O9. The van der Waals surface area contributed by atoms with Gasteiger partial charge in [-0.1, -0.05) is 12.1 Å². The van der Waals surface area contributed by atoms with E-state index in [1.54, 1.807) is 13.0 Å². The second-order valence-corrected chi connectivity index (χ2v) is 8.70. The Hall–Kier alpha value is -4.73. The number of aromatic carboxylic acids is 1. The van der Waals surface area contributed by atoms with Crippen LogP contribution in [0.1, 0.15) is 34.6 Å². The lowest BCUT2D eigenvalue weighted by Crippen LogP contribution is -2.60. The lowest BCUT2D eigenvalue weighted by atomic mass is 9.72. The molecular weight excluding hydrogens is 520 g/mol. The second-order valence-electron chi connectivity index (χ2n) is 8.70. The van der Waals surface area contributed by atoms with Gasteiger partial charge in [-0.05, 0) is 37.1 Å². The number of carbonyl (C=O) groups excluding carboxylic acids is 4. The molecule has 0 spiro atoms. The van der Waals surface area contributed by atoms with Crippen molar-refractivity contribution in [1.82, 2.24) is 25.4 Å². The number of para-hydroxylation sites is 1. The number of nitrogens with one attached hydrogen (secondary N) is 2. The molecule has 5 N–H and O–H groups in total. The number of urea groups is 1. The fourth-order valence-corrected chi connectivity index (χ4v) is 4.23. The number of carbonyl (C=O) groups is 5. The molecule has 3 heterocycles. The smallest absolute Gasteiger partial charge is 0.534 e. The average molecular weight is 543 g/mol. The lowest BCUT2D eigenvalue weighted by Gasteiger charge is -2.33. The molecule has 2 atom stereocenters. The van der Waals surface area contributed by atoms with Gasteiger partial charge in [-0.3, -0.25) is 19.3 Å². The maximum absolute atomic E-state index is 14.1. The fraction of sp³-hybridized carbons (Fsp3) is 0.304. The number of halogens is 1. The second kappa shape index (κ2) is 10.9. The molecule has 1 aromatic heterocycles. The molecule has 1 unspecified atom stereocenters. The molecule has 2 aliphatic rings. The van der Waals surface area contributed by atoms with Crippen LogP contribution in [-0.2, 0) is 20.8 Å². The number of benzene rings is 1. The molecule has 4 rings (SSSR count). The number of carboxylic acid groups (broad SMARTS) is 1. The van der Waals surface area contributed by atoms with Gasteiger partial charge in [-0.2, -0.15) is 4.39 Å². The maximum atomic E-state index is 14.1. The van der Waals surface area contributed by atoms with Crippen molar-refractivity contribution in [3.63, 3.8) is 0 Å². The van der Waals surface area contributed by atoms with Gasteiger partial charge in [0.1, 0.15) is 5.75 Å². The fourth-order valence-electron chi connectivity index (χ4n) is 4.23. The number of imide groups is 1. The molecule has 2 aromatic rings. The van der Waals surface area contributed by atoms with Gasteiger partial charge < -0.3 is 35.4 Å². The summed E-state index contributed by atoms with van der Waals surface area (Å²) >= 11 is 0. The summed E-state index contributed by atoms with van der Waals surface area (Å²) in [6, 6.07) is 3.39. The van der Waals surface area contributed by atoms with Gasteiger partial charge in [0.2, 0.25) is 5.91 Å². The van der Waals surface area contributed by atoms with Crippen molar-refractivity contribution in [3.8, 4) is 11.5 Å². The van der Waals surface area contributed by atoms with Gasteiger partial charge >= 0.3 is 30.9 Å². The number of piperazine rings is 1. The zero-order chi connectivity index (χ0) is 28.4. The third-order valence-electron chi connectivity index (χ3n) is 6.29. The Kier molecular flexibility index (Phi) is 7.67. The number of nitrogens with zero attached hydrogens (tertiary/aromatic N) is 3. The number of aromatic hydroxyl groups is 1. The van der Waals surface area contributed by atoms with Crippen LogP contribution in [0.25, 0.3) is 0 Å². The molecule has 0 aliphatic carbocycles. The molecule has 1 saturated heterocycles. The zero-order valence-electron chi connectivity index (χ0n) is 20.5. The van der Waals surface area contributed by atoms with Crippen molar-refractivity contribution in [1.29, 1.82) is 0 Å². The van der Waals surface area contributed by atoms with E-state index in [4.69, 9.17) is 4.65 Å². The first kappa shape index (κ1) is 27.3. The van der Waals surface area contributed by atoms with Crippen LogP contribution in [0.15, 0.2) is 30.3 Å². The third kappa shape index (κ3) is 5.45. The number of hydrogen-bond donors (Lipinski definition) is 5. The molecule has 14 nitrogen and oxygen atoms in total. The van der Waals surface area contributed by atoms with Gasteiger partial charge in [0.05, 0.1) is 17.2 Å². The first-order chi connectivity index (χ1) is 18.5. The van der Waals surface area contributed by atoms with Crippen molar-refractivity contribution in [3.05, 3.63) is 53.1 Å². The van der Waals surface area contributed by atoms with Crippen LogP contribution < -0.4 is 15.3 Å². The quantitative estimate of drug-likeness (QED) is 0.175. The first-order valence-corrected chi connectivity index (χ1v) is 11.8. The number of fused-ring (bicyclic) bond motifs is 1. The van der Waals surface area contributed by atoms with Crippen LogP contribution >= 0.6 is 0 Å². The van der Waals surface area contributed by atoms with Crippen LogP contribution in [0.4, 0.5) is 9.18 Å². The summed E-state index contributed by atoms with van der Waals surface area (Å²) in [5, 5.41) is 34.0. The molecule has 5 amide bonds. The topological polar surface area (TPSA) is 199 Å². The normalized spacial score (nSPS) is 17.7. The third-order valence-corrected chi connectivity index (χ3v) is 6.29. The number of aromatic nitrogens is 1. The number of pyridine rings is 1. The Morgan fingerprint density at radius 1 is 1.21 bits per heavy atom. The Bertz CT molecular complexity index is 1360. The van der Waals surface area contributed by atoms with E-state index in [0.29, 0.717) is 10.5 Å². The predicted octanol–water partition coefficient (Wildman–Crippen LogP) is -0.794. The summed E-state index contributed by atoms with van der Waals surface area (Å²) in [5.41, 5.74) is -0.174. The van der Waals surface area contributed by atoms with E-state index in [1.165, 1.54) is 17.0 Å². The highest BCUT2D eigenvalue weighted by molar-refractivity contribution is 6.47. The number of carboxylic acids is 1. The monoisotopic (exact) mass is 543 g/mol. The highest BCUT2D eigenvalue weighted by Gasteiger charge is 2.41. The number of likely N-dealkylation sites (N-methyl/N-ethyl adjacent to an activating group) is 1. The molecule has 2 aliphatic heterocycles. The van der Waals surface area contributed by atoms with Crippen LogP contribution in [0.5, 0.6) is 11.5 Å². The SMILES string of the molecule is CCN1CCN(C(=O)NC(C(=O)N[C@H]2Cc3cccc(C(=O)O)c3OB2O)c2ccc(O)c(F)n2)C(=O)C1=O. The van der Waals surface area contributed by atoms with E-state index < -0.39 is 60.5 Å². The molecule has 204 valence electrons. The van der Waals surface area contributed by atoms with Crippen molar-refractivity contribution in [2.45, 2.75) is 25.3 Å². The van der Waals surface area contributed by atoms with Gasteiger partial charge in [-0.25, -0.2) is 14.6 Å². The molecule has 1 fully saturated rings. The van der Waals surface area contributed by atoms with E-state index in [2.05, 4.69) is 15.6 Å². The summed E-state index contributed by atoms with van der Waals surface area (Å²) in [6.07, 6.45) is -0.0621. The van der Waals surface area contributed by atoms with Crippen molar-refractivity contribution < 1.29 is 48.3 Å². The summed E-state index contributed by atoms with van der Waals surface area (Å²) in [4.78, 5) is 67.7. The van der Waals surface area contributed by atoms with Crippen LogP contribution in [0.2, 0.25) is 0 Å². The lowest BCUT2D eigenvalue weighted by molar-refractivity contribution is -0.153. The predicted molar refractivity (Wildman–Crippen MR) is 129 cm³/mol. The standard InChI is InChI=1S/C23H23BFN5O9/c1-2-29-8-9-30(21(34)20(29)33)23(37)28-16(13-6-7-14(31)18(25)26-13)19(32)27-15-10-11-4-3-5-12(22(35)36)17(11)39-24(15)38/h3-7,15-16,31,38H,2,8-10H2,1H3,(H,27,32)(H,28,37)(H,35,36)/t15-,16?/m0/s1. The Morgan fingerprint density at radius 3 is 2.62 bits per heavy atom. The van der Waals surface area contributed by atoms with Gasteiger partial charge in [0.25, 0.3) is 5.95 Å². The van der Waals surface area contributed by atoms with E-state index >= 15 is 0 Å². The minimum absolute atomic E-state index is 0.0621.